The fraction of sp³-hybridized carbons (Fsp3) is 0.185. The van der Waals surface area contributed by atoms with E-state index in [1.165, 1.54) is 4.90 Å². The number of hydrogen-bond acceptors (Lipinski definition) is 6. The summed E-state index contributed by atoms with van der Waals surface area (Å²) in [6.45, 7) is 0. The SMILES string of the molecule is COc1ccc(C(=O)C2C3C(=O)N(c4ccc(Br)cc4)C(=O)C3C3c4ccccc4C=NN23)cc1. The maximum Gasteiger partial charge on any atom is 0.240 e. The van der Waals surface area contributed by atoms with Gasteiger partial charge in [0.15, 0.2) is 5.78 Å². The van der Waals surface area contributed by atoms with Crippen molar-refractivity contribution in [1.29, 1.82) is 0 Å². The summed E-state index contributed by atoms with van der Waals surface area (Å²) in [5.74, 6) is -1.89. The van der Waals surface area contributed by atoms with Crippen LogP contribution in [0.4, 0.5) is 5.69 Å². The van der Waals surface area contributed by atoms with Gasteiger partial charge in [-0.25, -0.2) is 4.90 Å². The number of imide groups is 1. The van der Waals surface area contributed by atoms with Crippen LogP contribution >= 0.6 is 15.9 Å². The lowest BCUT2D eigenvalue weighted by atomic mass is 9.83. The summed E-state index contributed by atoms with van der Waals surface area (Å²) in [6.07, 6.45) is 1.70. The molecule has 2 fully saturated rings. The van der Waals surface area contributed by atoms with Gasteiger partial charge in [-0.05, 0) is 59.7 Å². The van der Waals surface area contributed by atoms with E-state index in [2.05, 4.69) is 21.0 Å². The van der Waals surface area contributed by atoms with Gasteiger partial charge in [-0.15, -0.1) is 0 Å². The van der Waals surface area contributed by atoms with Crippen LogP contribution in [0.25, 0.3) is 0 Å². The Hall–Kier alpha value is -3.78. The number of anilines is 1. The van der Waals surface area contributed by atoms with Crippen LogP contribution < -0.4 is 9.64 Å². The highest BCUT2D eigenvalue weighted by molar-refractivity contribution is 9.10. The highest BCUT2D eigenvalue weighted by Crippen LogP contribution is 2.53. The van der Waals surface area contributed by atoms with Crippen LogP contribution in [0.2, 0.25) is 0 Å². The average molecular weight is 530 g/mol. The Labute approximate surface area is 210 Å². The number of hydrazone groups is 1. The van der Waals surface area contributed by atoms with E-state index < -0.39 is 23.9 Å². The number of halogens is 1. The molecule has 2 saturated heterocycles. The molecule has 3 aromatic carbocycles. The average Bonchev–Trinajstić information content (AvgIpc) is 3.37. The van der Waals surface area contributed by atoms with Gasteiger partial charge in [-0.2, -0.15) is 5.10 Å². The summed E-state index contributed by atoms with van der Waals surface area (Å²) in [4.78, 5) is 42.7. The minimum atomic E-state index is -0.903. The molecule has 4 atom stereocenters. The lowest BCUT2D eigenvalue weighted by molar-refractivity contribution is -0.124. The number of carbonyl (C=O) groups excluding carboxylic acids is 3. The fourth-order valence-electron chi connectivity index (χ4n) is 5.44. The van der Waals surface area contributed by atoms with Gasteiger partial charge < -0.3 is 4.74 Å². The van der Waals surface area contributed by atoms with Gasteiger partial charge in [-0.3, -0.25) is 19.4 Å². The fourth-order valence-corrected chi connectivity index (χ4v) is 5.70. The molecule has 174 valence electrons. The topological polar surface area (TPSA) is 79.3 Å². The van der Waals surface area contributed by atoms with Crippen molar-refractivity contribution in [1.82, 2.24) is 5.01 Å². The van der Waals surface area contributed by atoms with Crippen molar-refractivity contribution < 1.29 is 19.1 Å². The van der Waals surface area contributed by atoms with E-state index in [1.807, 2.05) is 24.3 Å². The van der Waals surface area contributed by atoms with Crippen LogP contribution in [0.1, 0.15) is 27.5 Å². The molecule has 0 saturated carbocycles. The maximum atomic E-state index is 13.9. The maximum absolute atomic E-state index is 13.9. The van der Waals surface area contributed by atoms with E-state index in [-0.39, 0.29) is 17.6 Å². The van der Waals surface area contributed by atoms with E-state index >= 15 is 0 Å². The Morgan fingerprint density at radius 2 is 1.60 bits per heavy atom. The molecule has 35 heavy (non-hydrogen) atoms. The number of amides is 2. The highest BCUT2D eigenvalue weighted by atomic mass is 79.9. The van der Waals surface area contributed by atoms with Gasteiger partial charge in [0, 0.05) is 10.0 Å². The van der Waals surface area contributed by atoms with Gasteiger partial charge in [0.2, 0.25) is 11.8 Å². The third-order valence-corrected chi connectivity index (χ3v) is 7.55. The minimum absolute atomic E-state index is 0.250. The molecular formula is C27H20BrN3O4. The summed E-state index contributed by atoms with van der Waals surface area (Å²) in [6, 6.07) is 20.1. The second-order valence-corrected chi connectivity index (χ2v) is 9.69. The Bertz CT molecular complexity index is 1390. The van der Waals surface area contributed by atoms with Crippen molar-refractivity contribution in [2.45, 2.75) is 12.1 Å². The summed E-state index contributed by atoms with van der Waals surface area (Å²) < 4.78 is 6.06. The number of hydrogen-bond donors (Lipinski definition) is 0. The molecule has 3 aromatic rings. The minimum Gasteiger partial charge on any atom is -0.497 e. The number of fused-ring (bicyclic) bond motifs is 5. The molecule has 3 heterocycles. The lowest BCUT2D eigenvalue weighted by Gasteiger charge is -2.33. The van der Waals surface area contributed by atoms with Crippen LogP contribution in [0.3, 0.4) is 0 Å². The Balaban J connectivity index is 1.47. The number of nitrogens with zero attached hydrogens (tertiary/aromatic N) is 3. The van der Waals surface area contributed by atoms with Crippen LogP contribution in [0.15, 0.2) is 82.4 Å². The quantitative estimate of drug-likeness (QED) is 0.373. The second-order valence-electron chi connectivity index (χ2n) is 8.78. The normalized spacial score (nSPS) is 24.3. The van der Waals surface area contributed by atoms with Gasteiger partial charge in [0.25, 0.3) is 0 Å². The molecule has 8 heteroatoms. The largest absolute Gasteiger partial charge is 0.497 e. The lowest BCUT2D eigenvalue weighted by Crippen LogP contribution is -2.44. The zero-order chi connectivity index (χ0) is 24.3. The van der Waals surface area contributed by atoms with Crippen molar-refractivity contribution in [2.24, 2.45) is 16.9 Å². The standard InChI is InChI=1S/C27H20BrN3O4/c1-35-19-12-6-15(7-13-19)25(32)24-22-21(23-20-5-3-2-4-16(20)14-29-31(23)24)26(33)30(27(22)34)18-10-8-17(28)9-11-18/h2-14,21-24H,1H3. The number of ketones is 1. The van der Waals surface area contributed by atoms with Gasteiger partial charge in [0.05, 0.1) is 36.9 Å². The first-order chi connectivity index (χ1) is 17.0. The van der Waals surface area contributed by atoms with Gasteiger partial charge in [0.1, 0.15) is 11.8 Å². The number of carbonyl (C=O) groups is 3. The van der Waals surface area contributed by atoms with Gasteiger partial charge >= 0.3 is 0 Å². The van der Waals surface area contributed by atoms with Crippen molar-refractivity contribution >= 4 is 45.4 Å². The van der Waals surface area contributed by atoms with Crippen molar-refractivity contribution in [3.05, 3.63) is 94.0 Å². The number of rotatable bonds is 4. The molecule has 4 unspecified atom stereocenters. The second kappa shape index (κ2) is 8.16. The molecule has 2 amide bonds. The Morgan fingerprint density at radius 1 is 0.914 bits per heavy atom. The van der Waals surface area contributed by atoms with Crippen LogP contribution in [0.5, 0.6) is 5.75 Å². The Morgan fingerprint density at radius 3 is 2.31 bits per heavy atom. The van der Waals surface area contributed by atoms with Crippen LogP contribution in [-0.4, -0.2) is 42.0 Å². The first-order valence-corrected chi connectivity index (χ1v) is 12.0. The smallest absolute Gasteiger partial charge is 0.240 e. The zero-order valence-electron chi connectivity index (χ0n) is 18.7. The van der Waals surface area contributed by atoms with Crippen molar-refractivity contribution in [3.63, 3.8) is 0 Å². The molecule has 0 spiro atoms. The predicted octanol–water partition coefficient (Wildman–Crippen LogP) is 4.22. The van der Waals surface area contributed by atoms with E-state index in [1.54, 1.807) is 66.9 Å². The number of benzene rings is 3. The van der Waals surface area contributed by atoms with E-state index in [0.717, 1.165) is 15.6 Å². The molecule has 3 aliphatic heterocycles. The summed E-state index contributed by atoms with van der Waals surface area (Å²) in [5.41, 5.74) is 2.70. The van der Waals surface area contributed by atoms with Gasteiger partial charge in [-0.1, -0.05) is 40.2 Å². The van der Waals surface area contributed by atoms with E-state index in [0.29, 0.717) is 17.0 Å². The summed E-state index contributed by atoms with van der Waals surface area (Å²) in [7, 11) is 1.56. The first-order valence-electron chi connectivity index (χ1n) is 11.2. The third-order valence-electron chi connectivity index (χ3n) is 7.02. The monoisotopic (exact) mass is 529 g/mol. The highest BCUT2D eigenvalue weighted by Gasteiger charge is 2.65. The zero-order valence-corrected chi connectivity index (χ0v) is 20.3. The molecule has 0 radical (unpaired) electrons. The summed E-state index contributed by atoms with van der Waals surface area (Å²) >= 11 is 3.40. The molecule has 7 nitrogen and oxygen atoms in total. The molecule has 0 aliphatic carbocycles. The third kappa shape index (κ3) is 3.24. The first kappa shape index (κ1) is 21.7. The number of Topliss-reactive ketones (excluding diaryl/α,β-unsaturated/α-hetero) is 1. The van der Waals surface area contributed by atoms with Crippen molar-refractivity contribution in [3.8, 4) is 5.75 Å². The summed E-state index contributed by atoms with van der Waals surface area (Å²) in [5, 5.41) is 6.25. The van der Waals surface area contributed by atoms with E-state index in [4.69, 9.17) is 4.74 Å². The van der Waals surface area contributed by atoms with E-state index in [9.17, 15) is 14.4 Å². The van der Waals surface area contributed by atoms with Crippen molar-refractivity contribution in [2.75, 3.05) is 12.0 Å². The molecular weight excluding hydrogens is 510 g/mol. The Kier molecular flexibility index (Phi) is 5.07. The molecule has 0 aromatic heterocycles. The van der Waals surface area contributed by atoms with Crippen LogP contribution in [0, 0.1) is 11.8 Å². The molecule has 0 N–H and O–H groups in total. The molecule has 3 aliphatic rings. The number of methoxy groups -OCH3 is 1. The molecule has 6 rings (SSSR count). The van der Waals surface area contributed by atoms with Crippen LogP contribution in [-0.2, 0) is 9.59 Å². The predicted molar refractivity (Wildman–Crippen MR) is 133 cm³/mol. The number of ether oxygens (including phenoxy) is 1. The molecule has 0 bridgehead atoms.